The number of hydrogen-bond acceptors (Lipinski definition) is 3. The van der Waals surface area contributed by atoms with E-state index in [9.17, 15) is 18.0 Å². The number of rotatable bonds is 8. The molecule has 0 unspecified atom stereocenters. The average molecular weight is 431 g/mol. The van der Waals surface area contributed by atoms with Crippen LogP contribution in [0, 0.1) is 0 Å². The summed E-state index contributed by atoms with van der Waals surface area (Å²) in [6.07, 6.45) is -1.09. The summed E-state index contributed by atoms with van der Waals surface area (Å²) in [5.41, 5.74) is -0.936. The predicted molar refractivity (Wildman–Crippen MR) is 96.0 cm³/mol. The summed E-state index contributed by atoms with van der Waals surface area (Å²) in [7, 11) is 0. The van der Waals surface area contributed by atoms with Gasteiger partial charge in [-0.1, -0.05) is 12.1 Å². The Balaban J connectivity index is 1.66. The van der Waals surface area contributed by atoms with Crippen molar-refractivity contribution in [2.24, 2.45) is 0 Å². The van der Waals surface area contributed by atoms with Gasteiger partial charge in [0.15, 0.2) is 0 Å². The van der Waals surface area contributed by atoms with Gasteiger partial charge in [-0.05, 0) is 59.5 Å². The maximum atomic E-state index is 12.6. The highest BCUT2D eigenvalue weighted by Crippen LogP contribution is 2.28. The van der Waals surface area contributed by atoms with Crippen molar-refractivity contribution in [2.45, 2.75) is 31.9 Å². The van der Waals surface area contributed by atoms with Gasteiger partial charge in [-0.25, -0.2) is 0 Å². The molecule has 2 rings (SSSR count). The Morgan fingerprint density at radius 3 is 2.65 bits per heavy atom. The summed E-state index contributed by atoms with van der Waals surface area (Å²) in [4.78, 5) is 15.1. The quantitative estimate of drug-likeness (QED) is 0.567. The fourth-order valence-corrected chi connectivity index (χ4v) is 2.59. The zero-order valence-electron chi connectivity index (χ0n) is 13.9. The highest BCUT2D eigenvalue weighted by Gasteiger charge is 2.32. The molecule has 1 N–H and O–H groups in total. The fraction of sp³-hybridized carbons (Fsp3) is 0.333. The van der Waals surface area contributed by atoms with Gasteiger partial charge in [0.2, 0.25) is 5.91 Å². The number of benzene rings is 1. The van der Waals surface area contributed by atoms with Crippen LogP contribution in [0.2, 0.25) is 0 Å². The van der Waals surface area contributed by atoms with Crippen LogP contribution in [-0.2, 0) is 11.0 Å². The smallest absolute Gasteiger partial charge is 0.433 e. The number of halogens is 4. The van der Waals surface area contributed by atoms with Crippen LogP contribution < -0.4 is 10.1 Å². The molecule has 0 fully saturated rings. The molecule has 4 nitrogen and oxygen atoms in total. The molecule has 1 heterocycles. The van der Waals surface area contributed by atoms with Crippen LogP contribution in [0.5, 0.6) is 5.75 Å². The Hall–Kier alpha value is -2.09. The number of para-hydroxylation sites is 1. The number of ether oxygens (including phenoxy) is 1. The van der Waals surface area contributed by atoms with E-state index in [1.807, 2.05) is 24.3 Å². The molecular weight excluding hydrogens is 413 g/mol. The third-order valence-corrected chi connectivity index (χ3v) is 4.13. The molecule has 0 radical (unpaired) electrons. The van der Waals surface area contributed by atoms with Crippen LogP contribution >= 0.6 is 15.9 Å². The molecule has 0 bridgehead atoms. The normalized spacial score (nSPS) is 11.2. The molecule has 0 aliphatic heterocycles. The van der Waals surface area contributed by atoms with Crippen LogP contribution in [0.4, 0.5) is 18.9 Å². The third-order valence-electron chi connectivity index (χ3n) is 3.48. The monoisotopic (exact) mass is 430 g/mol. The molecule has 0 aliphatic rings. The van der Waals surface area contributed by atoms with Crippen molar-refractivity contribution < 1.29 is 22.7 Å². The molecule has 0 spiro atoms. The SMILES string of the molecule is O=C(CCCCCOc1ccccc1Br)Nc1ccnc(C(F)(F)F)c1. The number of carbonyl (C=O) groups excluding carboxylic acids is 1. The van der Waals surface area contributed by atoms with E-state index in [-0.39, 0.29) is 18.0 Å². The molecule has 2 aromatic rings. The van der Waals surface area contributed by atoms with Crippen LogP contribution in [0.3, 0.4) is 0 Å². The van der Waals surface area contributed by atoms with Gasteiger partial charge in [0.1, 0.15) is 11.4 Å². The van der Waals surface area contributed by atoms with Gasteiger partial charge in [-0.3, -0.25) is 9.78 Å². The van der Waals surface area contributed by atoms with Crippen molar-refractivity contribution in [3.63, 3.8) is 0 Å². The molecule has 0 atom stereocenters. The number of pyridine rings is 1. The van der Waals surface area contributed by atoms with E-state index in [1.54, 1.807) is 0 Å². The first kappa shape index (κ1) is 20.2. The second-order valence-electron chi connectivity index (χ2n) is 5.57. The second-order valence-corrected chi connectivity index (χ2v) is 6.42. The van der Waals surface area contributed by atoms with E-state index in [0.29, 0.717) is 13.0 Å². The van der Waals surface area contributed by atoms with Crippen LogP contribution in [0.15, 0.2) is 47.1 Å². The third kappa shape index (κ3) is 6.67. The zero-order chi connectivity index (χ0) is 19.0. The molecule has 26 heavy (non-hydrogen) atoms. The lowest BCUT2D eigenvalue weighted by Crippen LogP contribution is -2.13. The summed E-state index contributed by atoms with van der Waals surface area (Å²) in [6.45, 7) is 0.531. The summed E-state index contributed by atoms with van der Waals surface area (Å²) < 4.78 is 44.3. The van der Waals surface area contributed by atoms with E-state index in [2.05, 4.69) is 26.2 Å². The summed E-state index contributed by atoms with van der Waals surface area (Å²) >= 11 is 3.39. The van der Waals surface area contributed by atoms with Crippen molar-refractivity contribution >= 4 is 27.5 Å². The second kappa shape index (κ2) is 9.56. The van der Waals surface area contributed by atoms with Crippen molar-refractivity contribution in [3.05, 3.63) is 52.8 Å². The van der Waals surface area contributed by atoms with E-state index >= 15 is 0 Å². The minimum atomic E-state index is -4.53. The van der Waals surface area contributed by atoms with Crippen molar-refractivity contribution in [1.82, 2.24) is 4.98 Å². The maximum Gasteiger partial charge on any atom is 0.433 e. The Morgan fingerprint density at radius 2 is 1.92 bits per heavy atom. The molecule has 1 amide bonds. The Bertz CT molecular complexity index is 738. The van der Waals surface area contributed by atoms with Gasteiger partial charge in [-0.15, -0.1) is 0 Å². The van der Waals surface area contributed by atoms with Gasteiger partial charge < -0.3 is 10.1 Å². The van der Waals surface area contributed by atoms with E-state index in [1.165, 1.54) is 6.07 Å². The van der Waals surface area contributed by atoms with Gasteiger partial charge in [-0.2, -0.15) is 13.2 Å². The zero-order valence-corrected chi connectivity index (χ0v) is 15.4. The minimum Gasteiger partial charge on any atom is -0.492 e. The van der Waals surface area contributed by atoms with E-state index in [0.717, 1.165) is 35.3 Å². The van der Waals surface area contributed by atoms with Crippen LogP contribution in [-0.4, -0.2) is 17.5 Å². The summed E-state index contributed by atoms with van der Waals surface area (Å²) in [6, 6.07) is 9.69. The molecule has 1 aromatic carbocycles. The fourth-order valence-electron chi connectivity index (χ4n) is 2.20. The van der Waals surface area contributed by atoms with Crippen LogP contribution in [0.1, 0.15) is 31.4 Å². The summed E-state index contributed by atoms with van der Waals surface area (Å²) in [5, 5.41) is 2.46. The number of alkyl halides is 3. The lowest BCUT2D eigenvalue weighted by molar-refractivity contribution is -0.141. The number of nitrogens with zero attached hydrogens (tertiary/aromatic N) is 1. The first-order valence-corrected chi connectivity index (χ1v) is 8.86. The number of carbonyl (C=O) groups is 1. The first-order valence-electron chi connectivity index (χ1n) is 8.06. The molecule has 0 saturated heterocycles. The molecular formula is C18H18BrF3N2O2. The number of unbranched alkanes of at least 4 members (excludes halogenated alkanes) is 2. The van der Waals surface area contributed by atoms with Gasteiger partial charge in [0.25, 0.3) is 0 Å². The molecule has 0 saturated carbocycles. The molecule has 1 aromatic heterocycles. The Labute approximate surface area is 157 Å². The topological polar surface area (TPSA) is 51.2 Å². The first-order chi connectivity index (χ1) is 12.4. The van der Waals surface area contributed by atoms with E-state index in [4.69, 9.17) is 4.74 Å². The molecule has 0 aliphatic carbocycles. The van der Waals surface area contributed by atoms with Crippen molar-refractivity contribution in [1.29, 1.82) is 0 Å². The molecule has 140 valence electrons. The highest BCUT2D eigenvalue weighted by molar-refractivity contribution is 9.10. The van der Waals surface area contributed by atoms with Crippen molar-refractivity contribution in [2.75, 3.05) is 11.9 Å². The standard InChI is InChI=1S/C18H18BrF3N2O2/c19-14-6-3-4-7-15(14)26-11-5-1-2-8-17(25)24-13-9-10-23-16(12-13)18(20,21)22/h3-4,6-7,9-10,12H,1-2,5,8,11H2,(H,23,24,25). The molecule has 8 heteroatoms. The lowest BCUT2D eigenvalue weighted by atomic mass is 10.2. The van der Waals surface area contributed by atoms with E-state index < -0.39 is 11.9 Å². The number of amides is 1. The number of hydrogen-bond donors (Lipinski definition) is 1. The average Bonchev–Trinajstić information content (AvgIpc) is 2.59. The Morgan fingerprint density at radius 1 is 1.15 bits per heavy atom. The van der Waals surface area contributed by atoms with Gasteiger partial charge in [0.05, 0.1) is 11.1 Å². The summed E-state index contributed by atoms with van der Waals surface area (Å²) in [5.74, 6) is 0.444. The van der Waals surface area contributed by atoms with Gasteiger partial charge >= 0.3 is 6.18 Å². The van der Waals surface area contributed by atoms with Crippen LogP contribution in [0.25, 0.3) is 0 Å². The number of nitrogens with one attached hydrogen (secondary N) is 1. The van der Waals surface area contributed by atoms with Crippen molar-refractivity contribution in [3.8, 4) is 5.75 Å². The number of anilines is 1. The van der Waals surface area contributed by atoms with Gasteiger partial charge in [0, 0.05) is 18.3 Å². The largest absolute Gasteiger partial charge is 0.492 e. The predicted octanol–water partition coefficient (Wildman–Crippen LogP) is 5.44. The maximum absolute atomic E-state index is 12.6. The number of aromatic nitrogens is 1. The minimum absolute atomic E-state index is 0.0922. The Kier molecular flexibility index (Phi) is 7.44. The highest BCUT2D eigenvalue weighted by atomic mass is 79.9. The lowest BCUT2D eigenvalue weighted by Gasteiger charge is -2.09.